The molecule has 4 nitrogen and oxygen atoms in total. The van der Waals surface area contributed by atoms with E-state index in [9.17, 15) is 4.79 Å². The maximum absolute atomic E-state index is 10.6. The van der Waals surface area contributed by atoms with Crippen LogP contribution in [0.3, 0.4) is 0 Å². The fourth-order valence-corrected chi connectivity index (χ4v) is 1.54. The van der Waals surface area contributed by atoms with Crippen molar-refractivity contribution in [2.45, 2.75) is 25.3 Å². The molecule has 1 aliphatic rings. The maximum Gasteiger partial charge on any atom is 0.218 e. The van der Waals surface area contributed by atoms with Crippen LogP contribution in [0.25, 0.3) is 0 Å². The molecule has 0 saturated carbocycles. The molecule has 0 radical (unpaired) electrons. The van der Waals surface area contributed by atoms with Gasteiger partial charge in [-0.3, -0.25) is 4.79 Å². The molecular formula is C8H16N2O2. The minimum absolute atomic E-state index is 0.0774. The highest BCUT2D eigenvalue weighted by Gasteiger charge is 2.21. The number of rotatable bonds is 3. The standard InChI is InChI=1S/C8H16N2O2/c9-7(5-8(10)11)6-1-3-12-4-2-6/h6-7H,1-5,9H2,(H2,10,11)/t7-/m1/s1. The summed E-state index contributed by atoms with van der Waals surface area (Å²) in [5.41, 5.74) is 10.8. The van der Waals surface area contributed by atoms with Crippen LogP contribution in [-0.2, 0) is 9.53 Å². The monoisotopic (exact) mass is 172 g/mol. The predicted octanol–water partition coefficient (Wildman–Crippen LogP) is -0.384. The molecule has 1 rings (SSSR count). The molecule has 0 aliphatic carbocycles. The maximum atomic E-state index is 10.6. The van der Waals surface area contributed by atoms with E-state index in [1.165, 1.54) is 0 Å². The van der Waals surface area contributed by atoms with Crippen molar-refractivity contribution < 1.29 is 9.53 Å². The smallest absolute Gasteiger partial charge is 0.218 e. The molecule has 1 atom stereocenters. The van der Waals surface area contributed by atoms with Crippen LogP contribution >= 0.6 is 0 Å². The number of carbonyl (C=O) groups excluding carboxylic acids is 1. The SMILES string of the molecule is NC(=O)C[C@@H](N)C1CCOCC1. The van der Waals surface area contributed by atoms with E-state index in [0.717, 1.165) is 26.1 Å². The lowest BCUT2D eigenvalue weighted by Crippen LogP contribution is -2.37. The highest BCUT2D eigenvalue weighted by Crippen LogP contribution is 2.18. The van der Waals surface area contributed by atoms with Gasteiger partial charge in [0.15, 0.2) is 0 Å². The molecule has 1 heterocycles. The number of nitrogens with two attached hydrogens (primary N) is 2. The van der Waals surface area contributed by atoms with Crippen LogP contribution < -0.4 is 11.5 Å². The zero-order valence-electron chi connectivity index (χ0n) is 7.16. The Morgan fingerprint density at radius 3 is 2.58 bits per heavy atom. The van der Waals surface area contributed by atoms with E-state index in [0.29, 0.717) is 12.3 Å². The number of hydrogen-bond acceptors (Lipinski definition) is 3. The van der Waals surface area contributed by atoms with E-state index in [-0.39, 0.29) is 11.9 Å². The summed E-state index contributed by atoms with van der Waals surface area (Å²) in [6.07, 6.45) is 2.20. The van der Waals surface area contributed by atoms with E-state index in [2.05, 4.69) is 0 Å². The quantitative estimate of drug-likeness (QED) is 0.609. The fourth-order valence-electron chi connectivity index (χ4n) is 1.54. The van der Waals surface area contributed by atoms with Crippen molar-refractivity contribution in [3.05, 3.63) is 0 Å². The summed E-state index contributed by atoms with van der Waals surface area (Å²) in [5.74, 6) is 0.0974. The third-order valence-electron chi connectivity index (χ3n) is 2.31. The topological polar surface area (TPSA) is 78.3 Å². The van der Waals surface area contributed by atoms with Gasteiger partial charge in [-0.2, -0.15) is 0 Å². The molecule has 0 aromatic rings. The predicted molar refractivity (Wildman–Crippen MR) is 45.3 cm³/mol. The van der Waals surface area contributed by atoms with E-state index in [1.54, 1.807) is 0 Å². The van der Waals surface area contributed by atoms with Gasteiger partial charge in [-0.05, 0) is 18.8 Å². The Bertz CT molecular complexity index is 155. The lowest BCUT2D eigenvalue weighted by atomic mass is 9.90. The number of carbonyl (C=O) groups is 1. The van der Waals surface area contributed by atoms with Crippen molar-refractivity contribution in [3.8, 4) is 0 Å². The van der Waals surface area contributed by atoms with Gasteiger partial charge in [-0.15, -0.1) is 0 Å². The van der Waals surface area contributed by atoms with E-state index in [4.69, 9.17) is 16.2 Å². The van der Waals surface area contributed by atoms with E-state index in [1.807, 2.05) is 0 Å². The Labute approximate surface area is 72.2 Å². The van der Waals surface area contributed by atoms with Gasteiger partial charge in [0, 0.05) is 25.7 Å². The first-order valence-electron chi connectivity index (χ1n) is 4.32. The highest BCUT2D eigenvalue weighted by atomic mass is 16.5. The summed E-state index contributed by atoms with van der Waals surface area (Å²) in [6, 6.07) is -0.0774. The van der Waals surface area contributed by atoms with Crippen LogP contribution in [0.2, 0.25) is 0 Å². The van der Waals surface area contributed by atoms with Crippen LogP contribution in [0.15, 0.2) is 0 Å². The molecule has 4 heteroatoms. The molecule has 12 heavy (non-hydrogen) atoms. The van der Waals surface area contributed by atoms with Crippen LogP contribution in [0.5, 0.6) is 0 Å². The summed E-state index contributed by atoms with van der Waals surface area (Å²) in [6.45, 7) is 1.52. The second-order valence-corrected chi connectivity index (χ2v) is 3.28. The zero-order chi connectivity index (χ0) is 8.97. The molecule has 1 amide bonds. The summed E-state index contributed by atoms with van der Waals surface area (Å²) in [5, 5.41) is 0. The molecule has 1 fully saturated rings. The van der Waals surface area contributed by atoms with Crippen LogP contribution in [-0.4, -0.2) is 25.2 Å². The van der Waals surface area contributed by atoms with Crippen molar-refractivity contribution in [1.29, 1.82) is 0 Å². The molecule has 0 aromatic carbocycles. The normalized spacial score (nSPS) is 22.1. The van der Waals surface area contributed by atoms with Crippen molar-refractivity contribution >= 4 is 5.91 Å². The number of amides is 1. The lowest BCUT2D eigenvalue weighted by molar-refractivity contribution is -0.118. The second kappa shape index (κ2) is 4.42. The minimum Gasteiger partial charge on any atom is -0.381 e. The highest BCUT2D eigenvalue weighted by molar-refractivity contribution is 5.74. The molecule has 4 N–H and O–H groups in total. The average Bonchev–Trinajstić information content (AvgIpc) is 2.05. The zero-order valence-corrected chi connectivity index (χ0v) is 7.16. The molecule has 70 valence electrons. The van der Waals surface area contributed by atoms with Crippen molar-refractivity contribution in [2.24, 2.45) is 17.4 Å². The third kappa shape index (κ3) is 2.79. The molecule has 0 unspecified atom stereocenters. The first kappa shape index (κ1) is 9.48. The van der Waals surface area contributed by atoms with Gasteiger partial charge in [0.1, 0.15) is 0 Å². The van der Waals surface area contributed by atoms with Crippen LogP contribution in [0, 0.1) is 5.92 Å². The Morgan fingerprint density at radius 1 is 1.50 bits per heavy atom. The summed E-state index contributed by atoms with van der Waals surface area (Å²) >= 11 is 0. The van der Waals surface area contributed by atoms with Crippen molar-refractivity contribution in [2.75, 3.05) is 13.2 Å². The fraction of sp³-hybridized carbons (Fsp3) is 0.875. The lowest BCUT2D eigenvalue weighted by Gasteiger charge is -2.26. The van der Waals surface area contributed by atoms with Gasteiger partial charge in [0.2, 0.25) is 5.91 Å². The molecule has 0 aromatic heterocycles. The Balaban J connectivity index is 2.29. The average molecular weight is 172 g/mol. The van der Waals surface area contributed by atoms with Gasteiger partial charge < -0.3 is 16.2 Å². The van der Waals surface area contributed by atoms with Gasteiger partial charge in [0.05, 0.1) is 0 Å². The summed E-state index contributed by atoms with van der Waals surface area (Å²) in [7, 11) is 0. The van der Waals surface area contributed by atoms with E-state index >= 15 is 0 Å². The van der Waals surface area contributed by atoms with Gasteiger partial charge in [-0.1, -0.05) is 0 Å². The van der Waals surface area contributed by atoms with Crippen molar-refractivity contribution in [3.63, 3.8) is 0 Å². The molecule has 1 saturated heterocycles. The van der Waals surface area contributed by atoms with Crippen LogP contribution in [0.1, 0.15) is 19.3 Å². The van der Waals surface area contributed by atoms with Gasteiger partial charge >= 0.3 is 0 Å². The summed E-state index contributed by atoms with van der Waals surface area (Å²) < 4.78 is 5.18. The Morgan fingerprint density at radius 2 is 2.08 bits per heavy atom. The van der Waals surface area contributed by atoms with E-state index < -0.39 is 0 Å². The Kier molecular flexibility index (Phi) is 3.49. The molecule has 0 spiro atoms. The Hall–Kier alpha value is -0.610. The van der Waals surface area contributed by atoms with Gasteiger partial charge in [-0.25, -0.2) is 0 Å². The second-order valence-electron chi connectivity index (χ2n) is 3.28. The molecule has 0 bridgehead atoms. The molecule has 1 aliphatic heterocycles. The minimum atomic E-state index is -0.311. The number of ether oxygens (including phenoxy) is 1. The third-order valence-corrected chi connectivity index (χ3v) is 2.31. The van der Waals surface area contributed by atoms with Crippen molar-refractivity contribution in [1.82, 2.24) is 0 Å². The first-order chi connectivity index (χ1) is 5.70. The van der Waals surface area contributed by atoms with Gasteiger partial charge in [0.25, 0.3) is 0 Å². The van der Waals surface area contributed by atoms with Crippen LogP contribution in [0.4, 0.5) is 0 Å². The number of primary amides is 1. The largest absolute Gasteiger partial charge is 0.381 e. The summed E-state index contributed by atoms with van der Waals surface area (Å²) in [4.78, 5) is 10.6. The molecular weight excluding hydrogens is 156 g/mol. The number of hydrogen-bond donors (Lipinski definition) is 2. The first-order valence-corrected chi connectivity index (χ1v) is 4.32.